The first-order valence-corrected chi connectivity index (χ1v) is 9.45. The molecule has 0 aliphatic carbocycles. The highest BCUT2D eigenvalue weighted by Gasteiger charge is 2.44. The van der Waals surface area contributed by atoms with E-state index in [1.807, 2.05) is 0 Å². The predicted molar refractivity (Wildman–Crippen MR) is 107 cm³/mol. The quantitative estimate of drug-likeness (QED) is 0.298. The molecule has 0 aliphatic heterocycles. The molecule has 0 bridgehead atoms. The number of anilines is 1. The SMILES string of the molecule is CC(NC(=O)CNc1ncc(CO)s1)(C(N)=O)[C@H](Cc1ccc(O)cc1)C(N)=O. The van der Waals surface area contributed by atoms with Gasteiger partial charge >= 0.3 is 0 Å². The number of primary amides is 2. The summed E-state index contributed by atoms with van der Waals surface area (Å²) in [5.41, 5.74) is 9.90. The summed E-state index contributed by atoms with van der Waals surface area (Å²) in [6.07, 6.45) is 1.51. The van der Waals surface area contributed by atoms with Crippen molar-refractivity contribution in [3.05, 3.63) is 40.9 Å². The van der Waals surface area contributed by atoms with E-state index in [-0.39, 0.29) is 25.3 Å². The van der Waals surface area contributed by atoms with E-state index in [0.29, 0.717) is 15.6 Å². The van der Waals surface area contributed by atoms with Crippen molar-refractivity contribution in [2.45, 2.75) is 25.5 Å². The molecule has 1 aromatic carbocycles. The number of thiazole rings is 1. The van der Waals surface area contributed by atoms with Crippen LogP contribution in [0.2, 0.25) is 0 Å². The Balaban J connectivity index is 2.13. The van der Waals surface area contributed by atoms with Crippen LogP contribution >= 0.6 is 11.3 Å². The number of hydrogen-bond donors (Lipinski definition) is 6. The van der Waals surface area contributed by atoms with Gasteiger partial charge in [-0.15, -0.1) is 0 Å². The number of benzene rings is 1. The van der Waals surface area contributed by atoms with Crippen molar-refractivity contribution in [2.24, 2.45) is 17.4 Å². The van der Waals surface area contributed by atoms with Crippen LogP contribution < -0.4 is 22.1 Å². The van der Waals surface area contributed by atoms with Crippen LogP contribution in [0.15, 0.2) is 30.5 Å². The second kappa shape index (κ2) is 9.34. The number of rotatable bonds is 10. The highest BCUT2D eigenvalue weighted by Crippen LogP contribution is 2.23. The van der Waals surface area contributed by atoms with Gasteiger partial charge in [-0.2, -0.15) is 0 Å². The minimum absolute atomic E-state index is 0.0368. The maximum Gasteiger partial charge on any atom is 0.243 e. The van der Waals surface area contributed by atoms with Crippen LogP contribution in [0.25, 0.3) is 0 Å². The topological polar surface area (TPSA) is 181 Å². The minimum atomic E-state index is -1.73. The third kappa shape index (κ3) is 5.65. The summed E-state index contributed by atoms with van der Waals surface area (Å²) in [5, 5.41) is 24.1. The van der Waals surface area contributed by atoms with E-state index in [1.54, 1.807) is 12.1 Å². The highest BCUT2D eigenvalue weighted by molar-refractivity contribution is 7.15. The summed E-state index contributed by atoms with van der Waals surface area (Å²) < 4.78 is 0. The van der Waals surface area contributed by atoms with Gasteiger partial charge in [-0.25, -0.2) is 4.98 Å². The molecule has 0 aliphatic rings. The number of nitrogens with one attached hydrogen (secondary N) is 2. The monoisotopic (exact) mass is 421 g/mol. The first kappa shape index (κ1) is 22.1. The molecule has 0 radical (unpaired) electrons. The number of aromatic nitrogens is 1. The number of phenolic OH excluding ortho intramolecular Hbond substituents is 1. The molecule has 0 spiro atoms. The van der Waals surface area contributed by atoms with Crippen molar-refractivity contribution in [2.75, 3.05) is 11.9 Å². The van der Waals surface area contributed by atoms with E-state index in [1.165, 1.54) is 36.6 Å². The van der Waals surface area contributed by atoms with Crippen LogP contribution in [0, 0.1) is 5.92 Å². The van der Waals surface area contributed by atoms with E-state index in [9.17, 15) is 19.5 Å². The number of nitrogens with two attached hydrogens (primary N) is 2. The normalized spacial score (nSPS) is 13.9. The zero-order valence-electron chi connectivity index (χ0n) is 15.7. The van der Waals surface area contributed by atoms with Gasteiger partial charge in [-0.3, -0.25) is 14.4 Å². The average molecular weight is 421 g/mol. The Kier molecular flexibility index (Phi) is 7.13. The molecule has 29 heavy (non-hydrogen) atoms. The predicted octanol–water partition coefficient (Wildman–Crippen LogP) is -0.543. The average Bonchev–Trinajstić information content (AvgIpc) is 3.13. The fourth-order valence-corrected chi connectivity index (χ4v) is 3.40. The molecule has 156 valence electrons. The fourth-order valence-electron chi connectivity index (χ4n) is 2.73. The summed E-state index contributed by atoms with van der Waals surface area (Å²) in [6.45, 7) is 0.950. The van der Waals surface area contributed by atoms with Crippen molar-refractivity contribution < 1.29 is 24.6 Å². The molecule has 2 atom stereocenters. The number of aromatic hydroxyl groups is 1. The molecule has 2 rings (SSSR count). The molecule has 0 saturated heterocycles. The number of carbonyl (C=O) groups excluding carboxylic acids is 3. The number of phenols is 1. The molecular formula is C18H23N5O5S. The van der Waals surface area contributed by atoms with Crippen LogP contribution in [-0.4, -0.2) is 45.0 Å². The van der Waals surface area contributed by atoms with Crippen LogP contribution in [0.3, 0.4) is 0 Å². The largest absolute Gasteiger partial charge is 0.508 e. The molecule has 11 heteroatoms. The first-order chi connectivity index (χ1) is 13.7. The van der Waals surface area contributed by atoms with Crippen molar-refractivity contribution in [3.63, 3.8) is 0 Å². The van der Waals surface area contributed by atoms with Gasteiger partial charge in [0.25, 0.3) is 0 Å². The molecule has 1 aromatic heterocycles. The van der Waals surface area contributed by atoms with Gasteiger partial charge in [0, 0.05) is 6.20 Å². The Hall–Kier alpha value is -3.18. The van der Waals surface area contributed by atoms with Crippen LogP contribution in [0.4, 0.5) is 5.13 Å². The zero-order chi connectivity index (χ0) is 21.6. The smallest absolute Gasteiger partial charge is 0.243 e. The molecule has 3 amide bonds. The number of aliphatic hydroxyl groups is 1. The summed E-state index contributed by atoms with van der Waals surface area (Å²) in [7, 11) is 0. The Labute approximate surface area is 170 Å². The summed E-state index contributed by atoms with van der Waals surface area (Å²) in [4.78, 5) is 41.3. The maximum absolute atomic E-state index is 12.4. The van der Waals surface area contributed by atoms with Crippen molar-refractivity contribution in [1.29, 1.82) is 0 Å². The number of amides is 3. The Bertz CT molecular complexity index is 885. The second-order valence-electron chi connectivity index (χ2n) is 6.58. The molecule has 0 saturated carbocycles. The van der Waals surface area contributed by atoms with Gasteiger partial charge in [0.2, 0.25) is 17.7 Å². The first-order valence-electron chi connectivity index (χ1n) is 8.63. The van der Waals surface area contributed by atoms with Gasteiger partial charge in [-0.1, -0.05) is 23.5 Å². The molecule has 2 aromatic rings. The van der Waals surface area contributed by atoms with Crippen molar-refractivity contribution in [3.8, 4) is 5.75 Å². The second-order valence-corrected chi connectivity index (χ2v) is 7.70. The minimum Gasteiger partial charge on any atom is -0.508 e. The lowest BCUT2D eigenvalue weighted by Crippen LogP contribution is -2.64. The molecular weight excluding hydrogens is 398 g/mol. The van der Waals surface area contributed by atoms with E-state index >= 15 is 0 Å². The summed E-state index contributed by atoms with van der Waals surface area (Å²) >= 11 is 1.17. The zero-order valence-corrected chi connectivity index (χ0v) is 16.5. The van der Waals surface area contributed by atoms with E-state index < -0.39 is 29.2 Å². The van der Waals surface area contributed by atoms with Crippen LogP contribution in [0.1, 0.15) is 17.4 Å². The van der Waals surface area contributed by atoms with Gasteiger partial charge in [0.05, 0.1) is 23.9 Å². The summed E-state index contributed by atoms with van der Waals surface area (Å²) in [6, 6.07) is 6.03. The van der Waals surface area contributed by atoms with Crippen LogP contribution in [-0.2, 0) is 27.4 Å². The Morgan fingerprint density at radius 3 is 2.41 bits per heavy atom. The van der Waals surface area contributed by atoms with Gasteiger partial charge in [0.15, 0.2) is 5.13 Å². The number of nitrogens with zero attached hydrogens (tertiary/aromatic N) is 1. The number of hydrogen-bond acceptors (Lipinski definition) is 8. The maximum atomic E-state index is 12.4. The highest BCUT2D eigenvalue weighted by atomic mass is 32.1. The lowest BCUT2D eigenvalue weighted by molar-refractivity contribution is -0.137. The van der Waals surface area contributed by atoms with Gasteiger partial charge < -0.3 is 32.3 Å². The molecule has 10 nitrogen and oxygen atoms in total. The van der Waals surface area contributed by atoms with Crippen molar-refractivity contribution >= 4 is 34.2 Å². The summed E-state index contributed by atoms with van der Waals surface area (Å²) in [5.74, 6) is -3.38. The van der Waals surface area contributed by atoms with Gasteiger partial charge in [0.1, 0.15) is 11.3 Å². The number of aliphatic hydroxyl groups excluding tert-OH is 1. The van der Waals surface area contributed by atoms with Crippen molar-refractivity contribution in [1.82, 2.24) is 10.3 Å². The molecule has 1 heterocycles. The van der Waals surface area contributed by atoms with E-state index in [2.05, 4.69) is 15.6 Å². The third-order valence-corrected chi connectivity index (χ3v) is 5.38. The van der Waals surface area contributed by atoms with Gasteiger partial charge in [-0.05, 0) is 31.0 Å². The molecule has 1 unspecified atom stereocenters. The number of carbonyl (C=O) groups is 3. The van der Waals surface area contributed by atoms with E-state index in [0.717, 1.165) is 0 Å². The Morgan fingerprint density at radius 2 is 1.90 bits per heavy atom. The molecule has 8 N–H and O–H groups in total. The standard InChI is InChI=1S/C18H23N5O5S/c1-18(16(20)28,13(15(19)27)6-10-2-4-11(25)5-3-10)23-14(26)8-22-17-21-7-12(9-24)29-17/h2-5,7,13,24-25H,6,8-9H2,1H3,(H2,19,27)(H2,20,28)(H,21,22)(H,23,26)/t13-,18?/m1/s1. The third-order valence-electron chi connectivity index (χ3n) is 4.44. The Morgan fingerprint density at radius 1 is 1.24 bits per heavy atom. The lowest BCUT2D eigenvalue weighted by Gasteiger charge is -2.34. The fraction of sp³-hybridized carbons (Fsp3) is 0.333. The van der Waals surface area contributed by atoms with Crippen LogP contribution in [0.5, 0.6) is 5.75 Å². The molecule has 0 fully saturated rings. The lowest BCUT2D eigenvalue weighted by atomic mass is 9.80. The van der Waals surface area contributed by atoms with E-state index in [4.69, 9.17) is 16.6 Å².